The van der Waals surface area contributed by atoms with Crippen molar-refractivity contribution in [2.75, 3.05) is 5.32 Å². The minimum Gasteiger partial charge on any atom is -0.477 e. The van der Waals surface area contributed by atoms with Crippen LogP contribution in [0.3, 0.4) is 0 Å². The molecule has 0 saturated heterocycles. The summed E-state index contributed by atoms with van der Waals surface area (Å²) in [7, 11) is 0. The van der Waals surface area contributed by atoms with E-state index < -0.39 is 16.6 Å². The van der Waals surface area contributed by atoms with Gasteiger partial charge in [0.05, 0.1) is 4.92 Å². The quantitative estimate of drug-likeness (QED) is 0.648. The van der Waals surface area contributed by atoms with Gasteiger partial charge in [-0.1, -0.05) is 6.07 Å². The number of carboxylic acids is 1. The Bertz CT molecular complexity index is 610. The second-order valence-electron chi connectivity index (χ2n) is 3.73. The summed E-state index contributed by atoms with van der Waals surface area (Å²) in [4.78, 5) is 22.1. The van der Waals surface area contributed by atoms with Crippen LogP contribution in [0.2, 0.25) is 0 Å². The minimum atomic E-state index is -1.31. The predicted octanol–water partition coefficient (Wildman–Crippen LogP) is 2.97. The van der Waals surface area contributed by atoms with Crippen LogP contribution in [0.25, 0.3) is 0 Å². The van der Waals surface area contributed by atoms with E-state index in [2.05, 4.69) is 5.32 Å². The lowest BCUT2D eigenvalue weighted by Crippen LogP contribution is -2.05. The van der Waals surface area contributed by atoms with Crippen LogP contribution in [0.15, 0.2) is 35.7 Å². The molecule has 0 spiro atoms. The van der Waals surface area contributed by atoms with E-state index in [1.807, 2.05) is 17.5 Å². The number of anilines is 1. The van der Waals surface area contributed by atoms with E-state index in [1.165, 1.54) is 18.2 Å². The van der Waals surface area contributed by atoms with Crippen molar-refractivity contribution in [1.29, 1.82) is 0 Å². The number of hydrogen-bond donors (Lipinski definition) is 2. The third kappa shape index (κ3) is 3.08. The maximum Gasteiger partial charge on any atom is 0.342 e. The molecule has 0 unspecified atom stereocenters. The summed E-state index contributed by atoms with van der Waals surface area (Å²) in [6.07, 6.45) is 0. The zero-order valence-corrected chi connectivity index (χ0v) is 10.5. The first kappa shape index (κ1) is 13.0. The van der Waals surface area contributed by atoms with Crippen LogP contribution in [0.1, 0.15) is 15.2 Å². The van der Waals surface area contributed by atoms with Gasteiger partial charge in [0.15, 0.2) is 0 Å². The van der Waals surface area contributed by atoms with Gasteiger partial charge >= 0.3 is 5.97 Å². The second-order valence-corrected chi connectivity index (χ2v) is 4.76. The monoisotopic (exact) mass is 278 g/mol. The summed E-state index contributed by atoms with van der Waals surface area (Å²) in [6.45, 7) is 0.550. The smallest absolute Gasteiger partial charge is 0.342 e. The molecule has 1 aromatic heterocycles. The van der Waals surface area contributed by atoms with Gasteiger partial charge in [0.2, 0.25) is 0 Å². The van der Waals surface area contributed by atoms with Gasteiger partial charge in [0.25, 0.3) is 5.69 Å². The van der Waals surface area contributed by atoms with E-state index in [4.69, 9.17) is 5.11 Å². The van der Waals surface area contributed by atoms with Crippen molar-refractivity contribution in [2.24, 2.45) is 0 Å². The third-order valence-corrected chi connectivity index (χ3v) is 3.35. The van der Waals surface area contributed by atoms with Crippen LogP contribution < -0.4 is 5.32 Å². The van der Waals surface area contributed by atoms with Gasteiger partial charge in [-0.15, -0.1) is 11.3 Å². The molecule has 2 N–H and O–H groups in total. The van der Waals surface area contributed by atoms with Gasteiger partial charge in [-0.3, -0.25) is 10.1 Å². The first-order valence-electron chi connectivity index (χ1n) is 5.36. The molecule has 0 fully saturated rings. The summed E-state index contributed by atoms with van der Waals surface area (Å²) in [5.74, 6) is -1.31. The lowest BCUT2D eigenvalue weighted by atomic mass is 10.1. The highest BCUT2D eigenvalue weighted by molar-refractivity contribution is 7.09. The Morgan fingerprint density at radius 1 is 1.42 bits per heavy atom. The fraction of sp³-hybridized carbons (Fsp3) is 0.0833. The molecular weight excluding hydrogens is 268 g/mol. The summed E-state index contributed by atoms with van der Waals surface area (Å²) >= 11 is 1.57. The highest BCUT2D eigenvalue weighted by Gasteiger charge is 2.19. The fourth-order valence-corrected chi connectivity index (χ4v) is 2.22. The summed E-state index contributed by atoms with van der Waals surface area (Å²) in [5, 5.41) is 24.6. The largest absolute Gasteiger partial charge is 0.477 e. The lowest BCUT2D eigenvalue weighted by Gasteiger charge is -2.06. The molecule has 0 amide bonds. The van der Waals surface area contributed by atoms with Crippen LogP contribution in [0, 0.1) is 10.1 Å². The van der Waals surface area contributed by atoms with Crippen LogP contribution in [0.5, 0.6) is 0 Å². The maximum absolute atomic E-state index is 11.0. The van der Waals surface area contributed by atoms with Crippen LogP contribution >= 0.6 is 11.3 Å². The first-order chi connectivity index (χ1) is 9.08. The van der Waals surface area contributed by atoms with Gasteiger partial charge in [0.1, 0.15) is 5.56 Å². The van der Waals surface area contributed by atoms with E-state index in [9.17, 15) is 14.9 Å². The van der Waals surface area contributed by atoms with E-state index in [0.717, 1.165) is 4.88 Å². The van der Waals surface area contributed by atoms with E-state index in [-0.39, 0.29) is 5.56 Å². The number of nitrogens with zero attached hydrogens (tertiary/aromatic N) is 1. The van der Waals surface area contributed by atoms with Gasteiger partial charge in [-0.25, -0.2) is 4.79 Å². The van der Waals surface area contributed by atoms with Gasteiger partial charge in [0, 0.05) is 23.2 Å². The Hall–Kier alpha value is -2.41. The SMILES string of the molecule is O=C(O)c1cc(NCc2cccs2)ccc1[N+](=O)[O-]. The number of thiophene rings is 1. The summed E-state index contributed by atoms with van der Waals surface area (Å²) in [5.41, 5.74) is -0.188. The van der Waals surface area contributed by atoms with Crippen molar-refractivity contribution in [3.05, 3.63) is 56.3 Å². The zero-order chi connectivity index (χ0) is 13.8. The predicted molar refractivity (Wildman–Crippen MR) is 71.7 cm³/mol. The van der Waals surface area contributed by atoms with E-state index in [1.54, 1.807) is 11.3 Å². The molecule has 0 aliphatic rings. The number of carbonyl (C=O) groups is 1. The molecule has 98 valence electrons. The van der Waals surface area contributed by atoms with Crippen molar-refractivity contribution in [1.82, 2.24) is 0 Å². The molecule has 1 heterocycles. The molecule has 7 heteroatoms. The van der Waals surface area contributed by atoms with Crippen LogP contribution in [-0.2, 0) is 6.54 Å². The molecule has 0 radical (unpaired) electrons. The van der Waals surface area contributed by atoms with Crippen LogP contribution in [-0.4, -0.2) is 16.0 Å². The minimum absolute atomic E-state index is 0.318. The Morgan fingerprint density at radius 2 is 2.21 bits per heavy atom. The van der Waals surface area contributed by atoms with E-state index >= 15 is 0 Å². The van der Waals surface area contributed by atoms with Gasteiger partial charge < -0.3 is 10.4 Å². The normalized spacial score (nSPS) is 10.1. The zero-order valence-electron chi connectivity index (χ0n) is 9.70. The molecule has 2 aromatic rings. The average molecular weight is 278 g/mol. The van der Waals surface area contributed by atoms with E-state index in [0.29, 0.717) is 12.2 Å². The molecule has 0 atom stereocenters. The van der Waals surface area contributed by atoms with Crippen molar-refractivity contribution in [3.63, 3.8) is 0 Å². The maximum atomic E-state index is 11.0. The topological polar surface area (TPSA) is 92.5 Å². The number of aromatic carboxylic acids is 1. The standard InChI is InChI=1S/C12H10N2O4S/c15-12(16)10-6-8(3-4-11(10)14(17)18)13-7-9-2-1-5-19-9/h1-6,13H,7H2,(H,15,16). The Morgan fingerprint density at radius 3 is 2.79 bits per heavy atom. The molecule has 0 saturated carbocycles. The molecule has 2 rings (SSSR count). The Labute approximate surface area is 112 Å². The molecular formula is C12H10N2O4S. The first-order valence-corrected chi connectivity index (χ1v) is 6.24. The van der Waals surface area contributed by atoms with Crippen molar-refractivity contribution in [2.45, 2.75) is 6.54 Å². The fourth-order valence-electron chi connectivity index (χ4n) is 1.58. The second kappa shape index (κ2) is 5.49. The van der Waals surface area contributed by atoms with Crippen molar-refractivity contribution in [3.8, 4) is 0 Å². The number of nitrogens with one attached hydrogen (secondary N) is 1. The third-order valence-electron chi connectivity index (χ3n) is 2.47. The highest BCUT2D eigenvalue weighted by Crippen LogP contribution is 2.23. The number of benzene rings is 1. The van der Waals surface area contributed by atoms with Crippen molar-refractivity contribution < 1.29 is 14.8 Å². The molecule has 0 aliphatic carbocycles. The summed E-state index contributed by atoms with van der Waals surface area (Å²) in [6, 6.07) is 7.83. The number of hydrogen-bond acceptors (Lipinski definition) is 5. The van der Waals surface area contributed by atoms with Crippen LogP contribution in [0.4, 0.5) is 11.4 Å². The molecule has 0 bridgehead atoms. The Balaban J connectivity index is 2.20. The van der Waals surface area contributed by atoms with Crippen molar-refractivity contribution >= 4 is 28.7 Å². The molecule has 19 heavy (non-hydrogen) atoms. The Kier molecular flexibility index (Phi) is 3.76. The lowest BCUT2D eigenvalue weighted by molar-refractivity contribution is -0.385. The molecule has 0 aliphatic heterocycles. The average Bonchev–Trinajstić information content (AvgIpc) is 2.88. The van der Waals surface area contributed by atoms with Gasteiger partial charge in [-0.05, 0) is 23.6 Å². The van der Waals surface area contributed by atoms with Gasteiger partial charge in [-0.2, -0.15) is 0 Å². The number of carboxylic acid groups (broad SMARTS) is 1. The molecule has 6 nitrogen and oxygen atoms in total. The number of nitro benzene ring substituents is 1. The highest BCUT2D eigenvalue weighted by atomic mass is 32.1. The number of nitro groups is 1. The number of rotatable bonds is 5. The molecule has 1 aromatic carbocycles. The summed E-state index contributed by atoms with van der Waals surface area (Å²) < 4.78 is 0.